The number of aliphatic hydroxyl groups is 1. The summed E-state index contributed by atoms with van der Waals surface area (Å²) in [5.41, 5.74) is -1.09. The predicted octanol–water partition coefficient (Wildman–Crippen LogP) is 1.45. The molecule has 1 aromatic rings. The highest BCUT2D eigenvalue weighted by Gasteiger charge is 2.35. The summed E-state index contributed by atoms with van der Waals surface area (Å²) in [5.74, 6) is -2.73. The van der Waals surface area contributed by atoms with E-state index in [9.17, 15) is 19.1 Å². The Kier molecular flexibility index (Phi) is 4.25. The van der Waals surface area contributed by atoms with Gasteiger partial charge in [0, 0.05) is 6.54 Å². The minimum absolute atomic E-state index is 0.0112. The molecule has 7 heteroatoms. The van der Waals surface area contributed by atoms with Crippen LogP contribution in [0, 0.1) is 5.82 Å². The van der Waals surface area contributed by atoms with Gasteiger partial charge in [-0.15, -0.1) is 0 Å². The summed E-state index contributed by atoms with van der Waals surface area (Å²) < 4.78 is 13.5. The first-order valence-electron chi connectivity index (χ1n) is 6.17. The Labute approximate surface area is 120 Å². The number of hydrogen-bond donors (Lipinski definition) is 3. The number of nitrogens with one attached hydrogen (secondary N) is 2. The first-order valence-corrected chi connectivity index (χ1v) is 6.55. The van der Waals surface area contributed by atoms with Crippen molar-refractivity contribution in [3.05, 3.63) is 29.0 Å². The fourth-order valence-corrected chi connectivity index (χ4v) is 2.04. The third-order valence-corrected chi connectivity index (χ3v) is 3.56. The van der Waals surface area contributed by atoms with Crippen LogP contribution in [0.3, 0.4) is 0 Å². The Morgan fingerprint density at radius 1 is 1.35 bits per heavy atom. The molecule has 0 bridgehead atoms. The summed E-state index contributed by atoms with van der Waals surface area (Å²) in [4.78, 5) is 23.1. The van der Waals surface area contributed by atoms with E-state index in [-0.39, 0.29) is 17.3 Å². The third kappa shape index (κ3) is 3.26. The number of benzene rings is 1. The lowest BCUT2D eigenvalue weighted by Crippen LogP contribution is -2.49. The highest BCUT2D eigenvalue weighted by molar-refractivity contribution is 6.39. The van der Waals surface area contributed by atoms with Crippen molar-refractivity contribution in [2.45, 2.75) is 24.9 Å². The fourth-order valence-electron chi connectivity index (χ4n) is 1.87. The zero-order valence-corrected chi connectivity index (χ0v) is 11.3. The summed E-state index contributed by atoms with van der Waals surface area (Å²) >= 11 is 5.56. The smallest absolute Gasteiger partial charge is 0.313 e. The van der Waals surface area contributed by atoms with E-state index in [2.05, 4.69) is 10.6 Å². The number of hydrogen-bond acceptors (Lipinski definition) is 3. The van der Waals surface area contributed by atoms with Gasteiger partial charge in [0.2, 0.25) is 0 Å². The summed E-state index contributed by atoms with van der Waals surface area (Å²) in [6, 6.07) is 4.08. The van der Waals surface area contributed by atoms with Crippen molar-refractivity contribution >= 4 is 29.1 Å². The Hall–Kier alpha value is -1.66. The van der Waals surface area contributed by atoms with E-state index in [1.54, 1.807) is 0 Å². The fraction of sp³-hybridized carbons (Fsp3) is 0.385. The monoisotopic (exact) mass is 300 g/mol. The van der Waals surface area contributed by atoms with Gasteiger partial charge in [0.25, 0.3) is 0 Å². The molecule has 1 fully saturated rings. The van der Waals surface area contributed by atoms with Crippen molar-refractivity contribution in [2.75, 3.05) is 11.9 Å². The Balaban J connectivity index is 1.90. The van der Waals surface area contributed by atoms with Crippen LogP contribution < -0.4 is 10.6 Å². The van der Waals surface area contributed by atoms with Crippen molar-refractivity contribution in [3.63, 3.8) is 0 Å². The zero-order chi connectivity index (χ0) is 14.8. The standard InChI is InChI=1S/C13H14ClFN2O3/c14-8-3-1-4-9(10(8)15)17-12(19)11(18)16-7-13(20)5-2-6-13/h1,3-4,20H,2,5-7H2,(H,16,18)(H,17,19). The molecule has 2 amide bonds. The zero-order valence-electron chi connectivity index (χ0n) is 10.6. The van der Waals surface area contributed by atoms with Crippen LogP contribution in [0.5, 0.6) is 0 Å². The van der Waals surface area contributed by atoms with Crippen molar-refractivity contribution in [3.8, 4) is 0 Å². The number of carbonyl (C=O) groups excluding carboxylic acids is 2. The molecule has 0 unspecified atom stereocenters. The normalized spacial score (nSPS) is 16.1. The van der Waals surface area contributed by atoms with Crippen LogP contribution >= 0.6 is 11.6 Å². The van der Waals surface area contributed by atoms with Gasteiger partial charge in [0.1, 0.15) is 0 Å². The second-order valence-corrected chi connectivity index (χ2v) is 5.22. The number of anilines is 1. The van der Waals surface area contributed by atoms with Gasteiger partial charge in [-0.3, -0.25) is 9.59 Å². The van der Waals surface area contributed by atoms with Gasteiger partial charge in [0.15, 0.2) is 5.82 Å². The number of halogens is 2. The average molecular weight is 301 g/mol. The molecule has 0 atom stereocenters. The lowest BCUT2D eigenvalue weighted by atomic mass is 9.80. The second kappa shape index (κ2) is 5.76. The molecule has 0 aromatic heterocycles. The minimum Gasteiger partial charge on any atom is -0.388 e. The summed E-state index contributed by atoms with van der Waals surface area (Å²) in [6.45, 7) is 0.0112. The summed E-state index contributed by atoms with van der Waals surface area (Å²) in [7, 11) is 0. The highest BCUT2D eigenvalue weighted by Crippen LogP contribution is 2.30. The van der Waals surface area contributed by atoms with E-state index in [0.717, 1.165) is 6.42 Å². The van der Waals surface area contributed by atoms with E-state index in [1.165, 1.54) is 18.2 Å². The Morgan fingerprint density at radius 2 is 2.05 bits per heavy atom. The molecule has 20 heavy (non-hydrogen) atoms. The molecule has 0 radical (unpaired) electrons. The molecule has 3 N–H and O–H groups in total. The highest BCUT2D eigenvalue weighted by atomic mass is 35.5. The Bertz CT molecular complexity index is 546. The first kappa shape index (κ1) is 14.7. The molecule has 1 aromatic carbocycles. The van der Waals surface area contributed by atoms with Crippen molar-refractivity contribution in [1.29, 1.82) is 0 Å². The van der Waals surface area contributed by atoms with Gasteiger partial charge < -0.3 is 15.7 Å². The van der Waals surface area contributed by atoms with E-state index in [4.69, 9.17) is 11.6 Å². The van der Waals surface area contributed by atoms with Crippen LogP contribution in [0.25, 0.3) is 0 Å². The topological polar surface area (TPSA) is 78.4 Å². The molecule has 1 aliphatic carbocycles. The van der Waals surface area contributed by atoms with Crippen LogP contribution in [0.2, 0.25) is 5.02 Å². The van der Waals surface area contributed by atoms with Crippen LogP contribution in [-0.4, -0.2) is 29.1 Å². The number of amides is 2. The van der Waals surface area contributed by atoms with Gasteiger partial charge in [-0.1, -0.05) is 17.7 Å². The molecule has 5 nitrogen and oxygen atoms in total. The molecule has 0 aliphatic heterocycles. The second-order valence-electron chi connectivity index (χ2n) is 4.82. The molecule has 108 valence electrons. The molecule has 2 rings (SSSR count). The maximum absolute atomic E-state index is 13.5. The van der Waals surface area contributed by atoms with E-state index >= 15 is 0 Å². The predicted molar refractivity (Wildman–Crippen MR) is 71.9 cm³/mol. The van der Waals surface area contributed by atoms with Crippen molar-refractivity contribution in [2.24, 2.45) is 0 Å². The van der Waals surface area contributed by atoms with Crippen LogP contribution in [0.4, 0.5) is 10.1 Å². The average Bonchev–Trinajstić information content (AvgIpc) is 2.39. The van der Waals surface area contributed by atoms with Gasteiger partial charge in [-0.25, -0.2) is 4.39 Å². The van der Waals surface area contributed by atoms with Gasteiger partial charge in [-0.05, 0) is 31.4 Å². The number of carbonyl (C=O) groups is 2. The van der Waals surface area contributed by atoms with Crippen molar-refractivity contribution in [1.82, 2.24) is 5.32 Å². The quantitative estimate of drug-likeness (QED) is 0.739. The molecular weight excluding hydrogens is 287 g/mol. The van der Waals surface area contributed by atoms with Crippen LogP contribution in [0.15, 0.2) is 18.2 Å². The minimum atomic E-state index is -1.01. The third-order valence-electron chi connectivity index (χ3n) is 3.27. The first-order chi connectivity index (χ1) is 9.41. The van der Waals surface area contributed by atoms with E-state index < -0.39 is 23.2 Å². The Morgan fingerprint density at radius 3 is 2.65 bits per heavy atom. The maximum atomic E-state index is 13.5. The molecule has 0 heterocycles. The largest absolute Gasteiger partial charge is 0.388 e. The van der Waals surface area contributed by atoms with E-state index in [1.807, 2.05) is 0 Å². The van der Waals surface area contributed by atoms with Crippen LogP contribution in [-0.2, 0) is 9.59 Å². The van der Waals surface area contributed by atoms with Gasteiger partial charge in [-0.2, -0.15) is 0 Å². The van der Waals surface area contributed by atoms with Crippen molar-refractivity contribution < 1.29 is 19.1 Å². The molecule has 0 spiro atoms. The SMILES string of the molecule is O=C(NCC1(O)CCC1)C(=O)Nc1cccc(Cl)c1F. The maximum Gasteiger partial charge on any atom is 0.313 e. The van der Waals surface area contributed by atoms with Gasteiger partial charge in [0.05, 0.1) is 16.3 Å². The van der Waals surface area contributed by atoms with Crippen LogP contribution in [0.1, 0.15) is 19.3 Å². The summed E-state index contributed by atoms with van der Waals surface area (Å²) in [5, 5.41) is 14.1. The van der Waals surface area contributed by atoms with Gasteiger partial charge >= 0.3 is 11.8 Å². The lowest BCUT2D eigenvalue weighted by Gasteiger charge is -2.36. The molecule has 0 saturated heterocycles. The molecule has 1 aliphatic rings. The van der Waals surface area contributed by atoms with E-state index in [0.29, 0.717) is 12.8 Å². The lowest BCUT2D eigenvalue weighted by molar-refractivity contribution is -0.137. The molecule has 1 saturated carbocycles. The summed E-state index contributed by atoms with van der Waals surface area (Å²) in [6.07, 6.45) is 2.09. The molecular formula is C13H14ClFN2O3. The number of rotatable bonds is 3.